The fourth-order valence-electron chi connectivity index (χ4n) is 2.87. The van der Waals surface area contributed by atoms with Gasteiger partial charge in [0.25, 0.3) is 10.0 Å². The zero-order valence-electron chi connectivity index (χ0n) is 14.3. The highest BCUT2D eigenvalue weighted by Gasteiger charge is 2.21. The molecule has 0 saturated carbocycles. The molecule has 0 unspecified atom stereocenters. The van der Waals surface area contributed by atoms with Crippen LogP contribution >= 0.6 is 11.6 Å². The summed E-state index contributed by atoms with van der Waals surface area (Å²) in [6, 6.07) is 10.6. The molecule has 0 bridgehead atoms. The van der Waals surface area contributed by atoms with Crippen molar-refractivity contribution >= 4 is 33.0 Å². The molecular weight excluding hydrogens is 360 g/mol. The summed E-state index contributed by atoms with van der Waals surface area (Å²) in [7, 11) is -3.71. The second kappa shape index (κ2) is 7.23. The Hall–Kier alpha value is -1.76. The maximum absolute atomic E-state index is 12.9. The van der Waals surface area contributed by atoms with Gasteiger partial charge in [-0.3, -0.25) is 4.72 Å². The van der Waals surface area contributed by atoms with Gasteiger partial charge in [0.1, 0.15) is 0 Å². The van der Waals surface area contributed by atoms with E-state index in [2.05, 4.69) is 9.62 Å². The Morgan fingerprint density at radius 2 is 1.80 bits per heavy atom. The van der Waals surface area contributed by atoms with Crippen molar-refractivity contribution in [1.82, 2.24) is 0 Å². The second-order valence-electron chi connectivity index (χ2n) is 6.14. The maximum Gasteiger partial charge on any atom is 0.262 e. The van der Waals surface area contributed by atoms with Gasteiger partial charge in [-0.15, -0.1) is 0 Å². The van der Waals surface area contributed by atoms with Gasteiger partial charge in [-0.2, -0.15) is 0 Å². The summed E-state index contributed by atoms with van der Waals surface area (Å²) in [5.74, 6) is 0. The van der Waals surface area contributed by atoms with E-state index in [1.54, 1.807) is 25.1 Å². The number of hydrogen-bond donors (Lipinski definition) is 1. The van der Waals surface area contributed by atoms with E-state index in [0.29, 0.717) is 42.6 Å². The van der Waals surface area contributed by atoms with Gasteiger partial charge >= 0.3 is 0 Å². The summed E-state index contributed by atoms with van der Waals surface area (Å²) in [6.45, 7) is 6.31. The molecule has 0 aromatic heterocycles. The van der Waals surface area contributed by atoms with Gasteiger partial charge in [0.2, 0.25) is 0 Å². The first-order chi connectivity index (χ1) is 11.9. The van der Waals surface area contributed by atoms with Gasteiger partial charge in [0.15, 0.2) is 0 Å². The number of benzene rings is 2. The van der Waals surface area contributed by atoms with Crippen LogP contribution in [0.15, 0.2) is 41.3 Å². The number of hydrogen-bond acceptors (Lipinski definition) is 4. The monoisotopic (exact) mass is 380 g/mol. The molecule has 25 heavy (non-hydrogen) atoms. The van der Waals surface area contributed by atoms with E-state index in [0.717, 1.165) is 11.3 Å². The number of nitrogens with zero attached hydrogens (tertiary/aromatic N) is 1. The molecule has 0 radical (unpaired) electrons. The van der Waals surface area contributed by atoms with E-state index in [1.807, 2.05) is 25.1 Å². The van der Waals surface area contributed by atoms with Crippen molar-refractivity contribution in [2.24, 2.45) is 0 Å². The number of nitrogens with one attached hydrogen (secondary N) is 1. The molecule has 1 N–H and O–H groups in total. The number of ether oxygens (including phenoxy) is 1. The molecule has 0 spiro atoms. The molecular formula is C18H21ClN2O3S. The first-order valence-corrected chi connectivity index (χ1v) is 9.95. The van der Waals surface area contributed by atoms with Crippen LogP contribution in [0, 0.1) is 13.8 Å². The van der Waals surface area contributed by atoms with Crippen LogP contribution in [0.25, 0.3) is 0 Å². The summed E-state index contributed by atoms with van der Waals surface area (Å²) >= 11 is 6.11. The van der Waals surface area contributed by atoms with Crippen molar-refractivity contribution in [3.05, 3.63) is 52.5 Å². The van der Waals surface area contributed by atoms with E-state index < -0.39 is 10.0 Å². The van der Waals surface area contributed by atoms with Crippen LogP contribution in [0.4, 0.5) is 11.4 Å². The summed E-state index contributed by atoms with van der Waals surface area (Å²) < 4.78 is 33.9. The molecule has 1 aliphatic rings. The van der Waals surface area contributed by atoms with Gasteiger partial charge in [0.05, 0.1) is 29.5 Å². The van der Waals surface area contributed by atoms with Gasteiger partial charge < -0.3 is 9.64 Å². The van der Waals surface area contributed by atoms with Crippen LogP contribution in [-0.4, -0.2) is 34.7 Å². The molecule has 1 fully saturated rings. The molecule has 1 aliphatic heterocycles. The minimum absolute atomic E-state index is 0.278. The number of anilines is 2. The van der Waals surface area contributed by atoms with E-state index in [4.69, 9.17) is 16.3 Å². The Morgan fingerprint density at radius 3 is 2.52 bits per heavy atom. The fraction of sp³-hybridized carbons (Fsp3) is 0.333. The first kappa shape index (κ1) is 18.0. The first-order valence-electron chi connectivity index (χ1n) is 8.09. The zero-order chi connectivity index (χ0) is 18.0. The third kappa shape index (κ3) is 4.08. The lowest BCUT2D eigenvalue weighted by Gasteiger charge is -2.30. The molecule has 0 aliphatic carbocycles. The lowest BCUT2D eigenvalue weighted by Crippen LogP contribution is -2.36. The van der Waals surface area contributed by atoms with Crippen LogP contribution in [0.1, 0.15) is 11.1 Å². The number of aryl methyl sites for hydroxylation is 2. The zero-order valence-corrected chi connectivity index (χ0v) is 15.8. The molecule has 134 valence electrons. The normalized spacial score (nSPS) is 15.2. The Morgan fingerprint density at radius 1 is 1.08 bits per heavy atom. The number of morpholine rings is 1. The summed E-state index contributed by atoms with van der Waals surface area (Å²) in [5.41, 5.74) is 2.88. The quantitative estimate of drug-likeness (QED) is 0.880. The van der Waals surface area contributed by atoms with Crippen molar-refractivity contribution in [2.45, 2.75) is 18.7 Å². The Kier molecular flexibility index (Phi) is 5.22. The van der Waals surface area contributed by atoms with Crippen molar-refractivity contribution in [2.75, 3.05) is 35.9 Å². The van der Waals surface area contributed by atoms with E-state index in [9.17, 15) is 8.42 Å². The van der Waals surface area contributed by atoms with Crippen molar-refractivity contribution in [3.63, 3.8) is 0 Å². The summed E-state index contributed by atoms with van der Waals surface area (Å²) in [6.07, 6.45) is 0. The lowest BCUT2D eigenvalue weighted by molar-refractivity contribution is 0.123. The molecule has 1 heterocycles. The summed E-state index contributed by atoms with van der Waals surface area (Å²) in [4.78, 5) is 2.38. The predicted molar refractivity (Wildman–Crippen MR) is 101 cm³/mol. The molecule has 2 aromatic rings. The largest absolute Gasteiger partial charge is 0.378 e. The molecule has 7 heteroatoms. The van der Waals surface area contributed by atoms with Crippen LogP contribution in [0.2, 0.25) is 5.02 Å². The average Bonchev–Trinajstić information content (AvgIpc) is 2.57. The predicted octanol–water partition coefficient (Wildman–Crippen LogP) is 3.59. The highest BCUT2D eigenvalue weighted by molar-refractivity contribution is 7.92. The Balaban J connectivity index is 1.99. The average molecular weight is 381 g/mol. The highest BCUT2D eigenvalue weighted by atomic mass is 35.5. The molecule has 1 saturated heterocycles. The van der Waals surface area contributed by atoms with Crippen LogP contribution in [0.3, 0.4) is 0 Å². The van der Waals surface area contributed by atoms with Crippen LogP contribution in [-0.2, 0) is 14.8 Å². The van der Waals surface area contributed by atoms with Crippen LogP contribution in [0.5, 0.6) is 0 Å². The standard InChI is InChI=1S/C18H21ClN2O3S/c1-13-3-4-14(2)18(11-13)25(22,23)20-16-12-15(19)5-6-17(16)21-7-9-24-10-8-21/h3-6,11-12,20H,7-10H2,1-2H3. The third-order valence-corrected chi connectivity index (χ3v) is 5.93. The topological polar surface area (TPSA) is 58.6 Å². The molecule has 0 amide bonds. The van der Waals surface area contributed by atoms with Crippen molar-refractivity contribution in [3.8, 4) is 0 Å². The number of halogens is 1. The smallest absolute Gasteiger partial charge is 0.262 e. The van der Waals surface area contributed by atoms with Gasteiger partial charge in [-0.1, -0.05) is 23.7 Å². The van der Waals surface area contributed by atoms with Crippen molar-refractivity contribution in [1.29, 1.82) is 0 Å². The second-order valence-corrected chi connectivity index (χ2v) is 8.22. The highest BCUT2D eigenvalue weighted by Crippen LogP contribution is 2.32. The molecule has 2 aromatic carbocycles. The van der Waals surface area contributed by atoms with Gasteiger partial charge in [0, 0.05) is 18.1 Å². The minimum Gasteiger partial charge on any atom is -0.378 e. The van der Waals surface area contributed by atoms with E-state index in [-0.39, 0.29) is 4.90 Å². The van der Waals surface area contributed by atoms with Crippen molar-refractivity contribution < 1.29 is 13.2 Å². The maximum atomic E-state index is 12.9. The lowest BCUT2D eigenvalue weighted by atomic mass is 10.2. The fourth-order valence-corrected chi connectivity index (χ4v) is 4.43. The Labute approximate surface area is 153 Å². The Bertz CT molecular complexity index is 878. The van der Waals surface area contributed by atoms with E-state index in [1.165, 1.54) is 0 Å². The SMILES string of the molecule is Cc1ccc(C)c(S(=O)(=O)Nc2cc(Cl)ccc2N2CCOCC2)c1. The third-order valence-electron chi connectivity index (χ3n) is 4.19. The van der Waals surface area contributed by atoms with Gasteiger partial charge in [-0.05, 0) is 49.2 Å². The molecule has 5 nitrogen and oxygen atoms in total. The number of rotatable bonds is 4. The molecule has 3 rings (SSSR count). The minimum atomic E-state index is -3.71. The summed E-state index contributed by atoms with van der Waals surface area (Å²) in [5, 5.41) is 0.482. The van der Waals surface area contributed by atoms with Gasteiger partial charge in [-0.25, -0.2) is 8.42 Å². The number of sulfonamides is 1. The molecule has 0 atom stereocenters. The van der Waals surface area contributed by atoms with E-state index >= 15 is 0 Å². The van der Waals surface area contributed by atoms with Crippen LogP contribution < -0.4 is 9.62 Å².